The number of carbonyl (C=O) groups excluding carboxylic acids is 1. The summed E-state index contributed by atoms with van der Waals surface area (Å²) >= 11 is 1.31. The predicted molar refractivity (Wildman–Crippen MR) is 112 cm³/mol. The largest absolute Gasteiger partial charge is 0.454 e. The van der Waals surface area contributed by atoms with E-state index in [2.05, 4.69) is 16.3 Å². The Labute approximate surface area is 178 Å². The van der Waals surface area contributed by atoms with Crippen LogP contribution in [0.1, 0.15) is 6.42 Å². The lowest BCUT2D eigenvalue weighted by Crippen LogP contribution is -2.29. The Bertz CT molecular complexity index is 1090. The van der Waals surface area contributed by atoms with Crippen LogP contribution in [0.25, 0.3) is 17.1 Å². The van der Waals surface area contributed by atoms with Gasteiger partial charge in [-0.25, -0.2) is 0 Å². The Morgan fingerprint density at radius 2 is 2.00 bits per heavy atom. The van der Waals surface area contributed by atoms with Gasteiger partial charge in [0.15, 0.2) is 22.5 Å². The van der Waals surface area contributed by atoms with Crippen LogP contribution >= 0.6 is 11.8 Å². The number of fused-ring (bicyclic) bond motifs is 1. The second kappa shape index (κ2) is 8.88. The van der Waals surface area contributed by atoms with Gasteiger partial charge in [-0.2, -0.15) is 5.26 Å². The van der Waals surface area contributed by atoms with Crippen molar-refractivity contribution in [3.63, 3.8) is 0 Å². The van der Waals surface area contributed by atoms with E-state index < -0.39 is 0 Å². The number of thioether (sulfide) groups is 1. The first-order valence-electron chi connectivity index (χ1n) is 9.32. The molecule has 1 aliphatic rings. The number of nitrogens with zero attached hydrogens (tertiary/aromatic N) is 5. The molecular formula is C21H19N5O3S. The highest BCUT2D eigenvalue weighted by atomic mass is 32.2. The molecule has 0 spiro atoms. The number of para-hydroxylation sites is 1. The van der Waals surface area contributed by atoms with Crippen molar-refractivity contribution in [1.82, 2.24) is 19.7 Å². The number of aromatic nitrogens is 3. The highest BCUT2D eigenvalue weighted by molar-refractivity contribution is 7.99. The first-order valence-corrected chi connectivity index (χ1v) is 10.3. The summed E-state index contributed by atoms with van der Waals surface area (Å²) in [6.45, 7) is 0.608. The molecule has 30 heavy (non-hydrogen) atoms. The minimum atomic E-state index is -0.0671. The molecular weight excluding hydrogens is 402 g/mol. The van der Waals surface area contributed by atoms with Crippen LogP contribution in [0, 0.1) is 11.3 Å². The molecule has 0 fully saturated rings. The van der Waals surface area contributed by atoms with Crippen LogP contribution in [-0.4, -0.2) is 51.7 Å². The van der Waals surface area contributed by atoms with Crippen molar-refractivity contribution in [2.45, 2.75) is 11.6 Å². The maximum Gasteiger partial charge on any atom is 0.232 e. The molecule has 152 valence electrons. The van der Waals surface area contributed by atoms with E-state index in [4.69, 9.17) is 14.7 Å². The minimum Gasteiger partial charge on any atom is -0.454 e. The van der Waals surface area contributed by atoms with E-state index in [1.54, 1.807) is 11.9 Å². The summed E-state index contributed by atoms with van der Waals surface area (Å²) in [7, 11) is 1.69. The van der Waals surface area contributed by atoms with E-state index in [0.29, 0.717) is 35.4 Å². The fraction of sp³-hybridized carbons (Fsp3) is 0.238. The SMILES string of the molecule is CN(CCC#N)C(=O)CSc1nnc(-c2ccc3c(c2)OCO3)n1-c1ccccc1. The van der Waals surface area contributed by atoms with Gasteiger partial charge in [0.1, 0.15) is 0 Å². The molecule has 4 rings (SSSR count). The van der Waals surface area contributed by atoms with Crippen molar-refractivity contribution in [2.75, 3.05) is 26.1 Å². The topological polar surface area (TPSA) is 93.3 Å². The number of rotatable bonds is 7. The van der Waals surface area contributed by atoms with Crippen LogP contribution < -0.4 is 9.47 Å². The molecule has 3 aromatic rings. The number of nitriles is 1. The van der Waals surface area contributed by atoms with Gasteiger partial charge in [0.25, 0.3) is 0 Å². The van der Waals surface area contributed by atoms with Crippen molar-refractivity contribution in [2.24, 2.45) is 0 Å². The number of hydrogen-bond acceptors (Lipinski definition) is 7. The van der Waals surface area contributed by atoms with Gasteiger partial charge in [-0.1, -0.05) is 30.0 Å². The van der Waals surface area contributed by atoms with E-state index in [-0.39, 0.29) is 18.5 Å². The summed E-state index contributed by atoms with van der Waals surface area (Å²) in [5.41, 5.74) is 1.72. The molecule has 9 heteroatoms. The van der Waals surface area contributed by atoms with E-state index >= 15 is 0 Å². The molecule has 0 unspecified atom stereocenters. The van der Waals surface area contributed by atoms with Gasteiger partial charge in [0.2, 0.25) is 12.7 Å². The highest BCUT2D eigenvalue weighted by Crippen LogP contribution is 2.37. The molecule has 0 saturated carbocycles. The number of benzene rings is 2. The maximum absolute atomic E-state index is 12.4. The molecule has 0 atom stereocenters. The lowest BCUT2D eigenvalue weighted by atomic mass is 10.2. The van der Waals surface area contributed by atoms with Crippen LogP contribution in [-0.2, 0) is 4.79 Å². The maximum atomic E-state index is 12.4. The van der Waals surface area contributed by atoms with Crippen molar-refractivity contribution in [3.05, 3.63) is 48.5 Å². The molecule has 1 aliphatic heterocycles. The lowest BCUT2D eigenvalue weighted by Gasteiger charge is -2.15. The summed E-state index contributed by atoms with van der Waals surface area (Å²) in [5.74, 6) is 2.15. The van der Waals surface area contributed by atoms with E-state index in [0.717, 1.165) is 11.3 Å². The Morgan fingerprint density at radius 3 is 2.80 bits per heavy atom. The molecule has 0 aliphatic carbocycles. The van der Waals surface area contributed by atoms with E-state index in [1.165, 1.54) is 11.8 Å². The van der Waals surface area contributed by atoms with Gasteiger partial charge in [-0.15, -0.1) is 10.2 Å². The summed E-state index contributed by atoms with van der Waals surface area (Å²) < 4.78 is 12.8. The number of ether oxygens (including phenoxy) is 2. The first-order chi connectivity index (χ1) is 14.7. The zero-order chi connectivity index (χ0) is 20.9. The Balaban J connectivity index is 1.63. The average Bonchev–Trinajstić information content (AvgIpc) is 3.42. The van der Waals surface area contributed by atoms with Gasteiger partial charge < -0.3 is 14.4 Å². The zero-order valence-electron chi connectivity index (χ0n) is 16.3. The zero-order valence-corrected chi connectivity index (χ0v) is 17.1. The van der Waals surface area contributed by atoms with Crippen LogP contribution in [0.2, 0.25) is 0 Å². The van der Waals surface area contributed by atoms with Crippen molar-refractivity contribution < 1.29 is 14.3 Å². The monoisotopic (exact) mass is 421 g/mol. The Hall–Kier alpha value is -3.51. The second-order valence-electron chi connectivity index (χ2n) is 6.56. The first kappa shape index (κ1) is 19.8. The molecule has 0 N–H and O–H groups in total. The van der Waals surface area contributed by atoms with Crippen LogP contribution in [0.5, 0.6) is 11.5 Å². The molecule has 0 radical (unpaired) electrons. The molecule has 0 bridgehead atoms. The molecule has 2 aromatic carbocycles. The third-order valence-corrected chi connectivity index (χ3v) is 5.50. The molecule has 1 amide bonds. The molecule has 2 heterocycles. The number of hydrogen-bond donors (Lipinski definition) is 0. The summed E-state index contributed by atoms with van der Waals surface area (Å²) in [5, 5.41) is 18.0. The number of carbonyl (C=O) groups is 1. The van der Waals surface area contributed by atoms with Gasteiger partial charge in [0.05, 0.1) is 18.2 Å². The standard InChI is InChI=1S/C21H19N5O3S/c1-25(11-5-10-22)19(27)13-30-21-24-23-20(26(21)16-6-3-2-4-7-16)15-8-9-17-18(12-15)29-14-28-17/h2-4,6-9,12H,5,11,13-14H2,1H3. The molecule has 1 aromatic heterocycles. The van der Waals surface area contributed by atoms with Crippen LogP contribution in [0.3, 0.4) is 0 Å². The van der Waals surface area contributed by atoms with E-state index in [9.17, 15) is 4.79 Å². The summed E-state index contributed by atoms with van der Waals surface area (Å²) in [6.07, 6.45) is 0.307. The van der Waals surface area contributed by atoms with Crippen molar-refractivity contribution >= 4 is 17.7 Å². The van der Waals surface area contributed by atoms with E-state index in [1.807, 2.05) is 53.1 Å². The normalized spacial score (nSPS) is 11.9. The molecule has 8 nitrogen and oxygen atoms in total. The lowest BCUT2D eigenvalue weighted by molar-refractivity contribution is -0.127. The average molecular weight is 421 g/mol. The van der Waals surface area contributed by atoms with Crippen molar-refractivity contribution in [3.8, 4) is 34.6 Å². The Kier molecular flexibility index (Phi) is 5.86. The molecule has 0 saturated heterocycles. The van der Waals surface area contributed by atoms with Crippen molar-refractivity contribution in [1.29, 1.82) is 5.26 Å². The fourth-order valence-corrected chi connectivity index (χ4v) is 3.87. The Morgan fingerprint density at radius 1 is 1.20 bits per heavy atom. The van der Waals surface area contributed by atoms with Crippen LogP contribution in [0.15, 0.2) is 53.7 Å². The fourth-order valence-electron chi connectivity index (χ4n) is 2.97. The highest BCUT2D eigenvalue weighted by Gasteiger charge is 2.21. The summed E-state index contributed by atoms with van der Waals surface area (Å²) in [4.78, 5) is 13.9. The van der Waals surface area contributed by atoms with Gasteiger partial charge >= 0.3 is 0 Å². The third kappa shape index (κ3) is 4.09. The van der Waals surface area contributed by atoms with Gasteiger partial charge in [0, 0.05) is 24.8 Å². The third-order valence-electron chi connectivity index (χ3n) is 4.59. The summed E-state index contributed by atoms with van der Waals surface area (Å²) in [6, 6.07) is 17.4. The predicted octanol–water partition coefficient (Wildman–Crippen LogP) is 3.13. The van der Waals surface area contributed by atoms with Crippen LogP contribution in [0.4, 0.5) is 0 Å². The smallest absolute Gasteiger partial charge is 0.232 e. The minimum absolute atomic E-state index is 0.0671. The number of amides is 1. The quantitative estimate of drug-likeness (QED) is 0.541. The van der Waals surface area contributed by atoms with Gasteiger partial charge in [-0.3, -0.25) is 9.36 Å². The second-order valence-corrected chi connectivity index (χ2v) is 7.50. The van der Waals surface area contributed by atoms with Gasteiger partial charge in [-0.05, 0) is 30.3 Å².